The number of nitrogens with zero attached hydrogens (tertiary/aromatic N) is 1. The zero-order valence-corrected chi connectivity index (χ0v) is 9.55. The summed E-state index contributed by atoms with van der Waals surface area (Å²) in [5, 5.41) is 23.1. The molecule has 0 heterocycles. The number of nitrogens with one attached hydrogen (secondary N) is 1. The van der Waals surface area contributed by atoms with Crippen LogP contribution in [0.3, 0.4) is 0 Å². The topological polar surface area (TPSA) is 171 Å². The molecule has 0 spiro atoms. The Balaban J connectivity index is 0. The van der Waals surface area contributed by atoms with Crippen molar-refractivity contribution in [2.75, 3.05) is 13.2 Å². The van der Waals surface area contributed by atoms with Crippen LogP contribution >= 0.6 is 7.83 Å². The summed E-state index contributed by atoms with van der Waals surface area (Å²) >= 11 is 0. The zero-order chi connectivity index (χ0) is 13.3. The fraction of sp³-hybridized carbons (Fsp3) is 0.667. The number of aliphatic carboxylic acids is 1. The smallest absolute Gasteiger partial charge is 0.399 e. The van der Waals surface area contributed by atoms with Crippen molar-refractivity contribution in [3.63, 3.8) is 0 Å². The third-order valence-corrected chi connectivity index (χ3v) is 2.33. The lowest BCUT2D eigenvalue weighted by molar-refractivity contribution is -0.142. The van der Waals surface area contributed by atoms with Crippen LogP contribution in [0.4, 0.5) is 0 Å². The Hall–Kier alpha value is -1.44. The Bertz CT molecular complexity index is 293. The molecule has 1 atom stereocenters. The maximum Gasteiger partial charge on any atom is 0.399 e. The first-order chi connectivity index (χ1) is 7.27. The molecule has 10 heteroatoms. The average Bonchev–Trinajstić information content (AvgIpc) is 2.11. The third-order valence-electron chi connectivity index (χ3n) is 1.35. The molecule has 0 aliphatic heterocycles. The molecule has 0 bridgehead atoms. The minimum absolute atomic E-state index is 0.0379. The lowest BCUT2D eigenvalue weighted by Gasteiger charge is -2.16. The number of aliphatic hydroxyl groups is 1. The van der Waals surface area contributed by atoms with E-state index < -0.39 is 26.4 Å². The van der Waals surface area contributed by atoms with Crippen LogP contribution in [0.15, 0.2) is 0 Å². The lowest BCUT2D eigenvalue weighted by atomic mass is 10.3. The molecule has 0 radical (unpaired) electrons. The van der Waals surface area contributed by atoms with Crippen molar-refractivity contribution in [2.24, 2.45) is 11.5 Å². The quantitative estimate of drug-likeness (QED) is 0.228. The summed E-state index contributed by atoms with van der Waals surface area (Å²) in [6, 6.07) is -1.36. The van der Waals surface area contributed by atoms with Gasteiger partial charge in [0.15, 0.2) is 5.96 Å². The van der Waals surface area contributed by atoms with Crippen molar-refractivity contribution >= 4 is 19.8 Å². The van der Waals surface area contributed by atoms with Crippen LogP contribution in [0.2, 0.25) is 0 Å². The molecule has 1 unspecified atom stereocenters. The van der Waals surface area contributed by atoms with Crippen LogP contribution in [-0.2, 0) is 13.9 Å². The van der Waals surface area contributed by atoms with Gasteiger partial charge in [-0.15, -0.1) is 0 Å². The predicted octanol–water partition coefficient (Wildman–Crippen LogP) is -1.32. The second-order valence-corrected chi connectivity index (χ2v) is 3.47. The van der Waals surface area contributed by atoms with Gasteiger partial charge in [0.2, 0.25) is 0 Å². The van der Waals surface area contributed by atoms with Gasteiger partial charge in [-0.05, 0) is 0 Å². The van der Waals surface area contributed by atoms with Crippen molar-refractivity contribution in [1.29, 1.82) is 5.41 Å². The van der Waals surface area contributed by atoms with Crippen molar-refractivity contribution in [2.45, 2.75) is 13.0 Å². The van der Waals surface area contributed by atoms with Gasteiger partial charge < -0.3 is 21.7 Å². The van der Waals surface area contributed by atoms with E-state index in [-0.39, 0.29) is 12.5 Å². The second-order valence-electron chi connectivity index (χ2n) is 2.49. The molecule has 0 amide bonds. The summed E-state index contributed by atoms with van der Waals surface area (Å²) in [6.45, 7) is 0.819. The number of hydrogen-bond donors (Lipinski definition) is 5. The van der Waals surface area contributed by atoms with Crippen molar-refractivity contribution in [3.8, 4) is 0 Å². The van der Waals surface area contributed by atoms with E-state index in [9.17, 15) is 13.9 Å². The van der Waals surface area contributed by atoms with E-state index in [0.29, 0.717) is 4.67 Å². The summed E-state index contributed by atoms with van der Waals surface area (Å²) in [6.07, 6.45) is 0. The highest BCUT2D eigenvalue weighted by molar-refractivity contribution is 7.27. The molecular formula is C6H15N4O5P. The molecule has 0 aromatic carbocycles. The molecule has 16 heavy (non-hydrogen) atoms. The van der Waals surface area contributed by atoms with Gasteiger partial charge >= 0.3 is 13.8 Å². The van der Waals surface area contributed by atoms with Crippen LogP contribution in [-0.4, -0.2) is 46.0 Å². The summed E-state index contributed by atoms with van der Waals surface area (Å²) in [7, 11) is -2.95. The summed E-state index contributed by atoms with van der Waals surface area (Å²) in [5.41, 5.74) is 8.94. The summed E-state index contributed by atoms with van der Waals surface area (Å²) < 4.78 is 21.5. The monoisotopic (exact) mass is 254 g/mol. The maximum atomic E-state index is 10.4. The van der Waals surface area contributed by atoms with E-state index in [1.807, 2.05) is 0 Å². The molecule has 9 nitrogen and oxygen atoms in total. The first-order valence-corrected chi connectivity index (χ1v) is 5.25. The van der Waals surface area contributed by atoms with Gasteiger partial charge in [-0.1, -0.05) is 6.92 Å². The first kappa shape index (κ1) is 17.0. The van der Waals surface area contributed by atoms with Crippen molar-refractivity contribution in [3.05, 3.63) is 0 Å². The zero-order valence-electron chi connectivity index (χ0n) is 8.66. The Morgan fingerprint density at radius 1 is 1.50 bits per heavy atom. The molecule has 0 aliphatic rings. The minimum atomic E-state index is -2.95. The number of hydrogen-bond acceptors (Lipinski definition) is 5. The van der Waals surface area contributed by atoms with Crippen molar-refractivity contribution in [1.82, 2.24) is 4.67 Å². The van der Waals surface area contributed by atoms with E-state index in [1.54, 1.807) is 0 Å². The molecule has 94 valence electrons. The van der Waals surface area contributed by atoms with Gasteiger partial charge in [0, 0.05) is 6.54 Å². The summed E-state index contributed by atoms with van der Waals surface area (Å²) in [5.74, 6) is -1.68. The molecule has 0 saturated carbocycles. The molecule has 0 aromatic rings. The van der Waals surface area contributed by atoms with E-state index >= 15 is 0 Å². The Labute approximate surface area is 92.4 Å². The number of aliphatic hydroxyl groups excluding tert-OH is 1. The molecule has 0 fully saturated rings. The van der Waals surface area contributed by atoms with Crippen molar-refractivity contribution < 1.29 is 24.1 Å². The second kappa shape index (κ2) is 8.84. The minimum Gasteiger partial charge on any atom is -0.480 e. The van der Waals surface area contributed by atoms with Gasteiger partial charge in [-0.2, -0.15) is 4.67 Å². The van der Waals surface area contributed by atoms with Gasteiger partial charge in [-0.3, -0.25) is 10.2 Å². The van der Waals surface area contributed by atoms with Crippen LogP contribution in [0.25, 0.3) is 0 Å². The number of guanidine groups is 1. The Morgan fingerprint density at radius 2 is 1.88 bits per heavy atom. The van der Waals surface area contributed by atoms with Gasteiger partial charge in [0.05, 0.1) is 6.61 Å². The van der Waals surface area contributed by atoms with Crippen LogP contribution in [0, 0.1) is 5.41 Å². The SMILES string of the molecule is CCN(C(CO)C(=O)O)P(=O)=O.N=C(N)N. The number of carboxylic acid groups (broad SMARTS) is 1. The molecular weight excluding hydrogens is 239 g/mol. The fourth-order valence-electron chi connectivity index (χ4n) is 0.749. The lowest BCUT2D eigenvalue weighted by Crippen LogP contribution is -2.38. The Morgan fingerprint density at radius 3 is 1.94 bits per heavy atom. The first-order valence-electron chi connectivity index (χ1n) is 4.11. The number of nitrogens with two attached hydrogens (primary N) is 2. The standard InChI is InChI=1S/C5H10NO5P.CH5N3/c1-2-6(12(10)11)4(3-7)5(8)9;2-1(3)4/h4,7H,2-3H2,1H3,(H,8,9);(H5,2,3,4). The molecule has 0 aliphatic carbocycles. The van der Waals surface area contributed by atoms with Gasteiger partial charge in [0.25, 0.3) is 0 Å². The predicted molar refractivity (Wildman–Crippen MR) is 55.3 cm³/mol. The summed E-state index contributed by atoms with van der Waals surface area (Å²) in [4.78, 5) is 10.4. The largest absolute Gasteiger partial charge is 0.480 e. The number of carboxylic acids is 1. The number of carbonyl (C=O) groups is 1. The maximum absolute atomic E-state index is 10.4. The normalized spacial score (nSPS) is 11.2. The number of rotatable bonds is 5. The highest BCUT2D eigenvalue weighted by Gasteiger charge is 2.26. The average molecular weight is 254 g/mol. The molecule has 0 saturated heterocycles. The van der Waals surface area contributed by atoms with E-state index in [1.165, 1.54) is 6.92 Å². The van der Waals surface area contributed by atoms with Crippen LogP contribution in [0.1, 0.15) is 6.92 Å². The highest BCUT2D eigenvalue weighted by Crippen LogP contribution is 2.16. The number of likely N-dealkylation sites (N-methyl/N-ethyl adjacent to an activating group) is 1. The van der Waals surface area contributed by atoms with E-state index in [4.69, 9.17) is 15.6 Å². The van der Waals surface area contributed by atoms with E-state index in [2.05, 4.69) is 11.5 Å². The van der Waals surface area contributed by atoms with Crippen LogP contribution < -0.4 is 11.5 Å². The Kier molecular flexibility index (Phi) is 9.37. The van der Waals surface area contributed by atoms with Gasteiger partial charge in [-0.25, -0.2) is 9.13 Å². The van der Waals surface area contributed by atoms with E-state index in [0.717, 1.165) is 0 Å². The molecule has 0 rings (SSSR count). The van der Waals surface area contributed by atoms with Gasteiger partial charge in [0.1, 0.15) is 6.04 Å². The third kappa shape index (κ3) is 7.92. The molecule has 7 N–H and O–H groups in total. The van der Waals surface area contributed by atoms with Crippen LogP contribution in [0.5, 0.6) is 0 Å². The fourth-order valence-corrected chi connectivity index (χ4v) is 1.38. The molecule has 0 aromatic heterocycles. The highest BCUT2D eigenvalue weighted by atomic mass is 31.1.